The van der Waals surface area contributed by atoms with E-state index in [1.165, 1.54) is 0 Å². The summed E-state index contributed by atoms with van der Waals surface area (Å²) in [5, 5.41) is 2.37. The van der Waals surface area contributed by atoms with E-state index in [-0.39, 0.29) is 18.7 Å². The molecule has 108 valence electrons. The number of benzene rings is 1. The fraction of sp³-hybridized carbons (Fsp3) is 0.385. The molecule has 0 aliphatic carbocycles. The first-order valence-corrected chi connectivity index (χ1v) is 6.04. The quantitative estimate of drug-likeness (QED) is 0.520. The number of halogens is 3. The molecule has 2 atom stereocenters. The van der Waals surface area contributed by atoms with Gasteiger partial charge in [-0.25, -0.2) is 13.2 Å². The molecule has 0 radical (unpaired) electrons. The van der Waals surface area contributed by atoms with Crippen LogP contribution in [-0.2, 0) is 14.3 Å². The minimum atomic E-state index is -1.36. The number of carbonyl (C=O) groups is 2. The van der Waals surface area contributed by atoms with E-state index in [1.54, 1.807) is 6.92 Å². The molecular formula is C13H12F3NO3. The summed E-state index contributed by atoms with van der Waals surface area (Å²) in [6, 6.07) is 1.19. The lowest BCUT2D eigenvalue weighted by Gasteiger charge is -2.16. The standard InChI is InChI=1S/C13H12F3NO3/c1-2-20-13(19)10-8(5-17-12(10)18)7-3-6(14)4-9(15)11(7)16/h3-4,8,10H,2,5H2,1H3,(H,17,18)/t8-,10?/m0/s1. The van der Waals surface area contributed by atoms with Crippen molar-refractivity contribution in [1.29, 1.82) is 0 Å². The number of ether oxygens (including phenoxy) is 1. The normalized spacial score (nSPS) is 21.7. The van der Waals surface area contributed by atoms with Crippen molar-refractivity contribution in [2.75, 3.05) is 13.2 Å². The summed E-state index contributed by atoms with van der Waals surface area (Å²) in [7, 11) is 0. The highest BCUT2D eigenvalue weighted by molar-refractivity contribution is 6.00. The lowest BCUT2D eigenvalue weighted by molar-refractivity contribution is -0.151. The van der Waals surface area contributed by atoms with E-state index in [9.17, 15) is 22.8 Å². The van der Waals surface area contributed by atoms with Crippen LogP contribution in [0.15, 0.2) is 12.1 Å². The number of rotatable bonds is 3. The maximum absolute atomic E-state index is 13.8. The van der Waals surface area contributed by atoms with Crippen molar-refractivity contribution in [3.63, 3.8) is 0 Å². The van der Waals surface area contributed by atoms with Gasteiger partial charge in [-0.05, 0) is 13.0 Å². The summed E-state index contributed by atoms with van der Waals surface area (Å²) in [4.78, 5) is 23.4. The average Bonchev–Trinajstić information content (AvgIpc) is 2.76. The minimum Gasteiger partial charge on any atom is -0.465 e. The van der Waals surface area contributed by atoms with E-state index >= 15 is 0 Å². The Kier molecular flexibility index (Phi) is 3.96. The number of hydrogen-bond donors (Lipinski definition) is 1. The third-order valence-corrected chi connectivity index (χ3v) is 3.14. The van der Waals surface area contributed by atoms with Crippen LogP contribution in [0.25, 0.3) is 0 Å². The Morgan fingerprint density at radius 1 is 1.40 bits per heavy atom. The number of nitrogens with one attached hydrogen (secondary N) is 1. The average molecular weight is 287 g/mol. The van der Waals surface area contributed by atoms with Crippen molar-refractivity contribution in [2.45, 2.75) is 12.8 Å². The number of carbonyl (C=O) groups excluding carboxylic acids is 2. The molecule has 0 saturated carbocycles. The molecule has 1 heterocycles. The highest BCUT2D eigenvalue weighted by atomic mass is 19.2. The molecule has 1 aliphatic rings. The predicted octanol–water partition coefficient (Wildman–Crippen LogP) is 1.50. The summed E-state index contributed by atoms with van der Waals surface area (Å²) in [6.45, 7) is 1.53. The molecule has 1 amide bonds. The highest BCUT2D eigenvalue weighted by Crippen LogP contribution is 2.33. The van der Waals surface area contributed by atoms with Crippen molar-refractivity contribution < 1.29 is 27.5 Å². The summed E-state index contributed by atoms with van der Waals surface area (Å²) in [6.07, 6.45) is 0. The van der Waals surface area contributed by atoms with Crippen molar-refractivity contribution in [2.24, 2.45) is 5.92 Å². The molecule has 7 heteroatoms. The molecule has 0 aromatic heterocycles. The van der Waals surface area contributed by atoms with Gasteiger partial charge in [-0.2, -0.15) is 0 Å². The maximum Gasteiger partial charge on any atom is 0.319 e. The Morgan fingerprint density at radius 3 is 2.75 bits per heavy atom. The van der Waals surface area contributed by atoms with E-state index in [2.05, 4.69) is 5.32 Å². The van der Waals surface area contributed by atoms with Crippen LogP contribution >= 0.6 is 0 Å². The van der Waals surface area contributed by atoms with Crippen molar-refractivity contribution in [3.8, 4) is 0 Å². The molecule has 1 aromatic carbocycles. The largest absolute Gasteiger partial charge is 0.465 e. The van der Waals surface area contributed by atoms with Gasteiger partial charge in [-0.3, -0.25) is 9.59 Å². The molecular weight excluding hydrogens is 275 g/mol. The smallest absolute Gasteiger partial charge is 0.319 e. The summed E-state index contributed by atoms with van der Waals surface area (Å²) < 4.78 is 44.9. The molecule has 2 rings (SSSR count). The van der Waals surface area contributed by atoms with E-state index in [1.807, 2.05) is 0 Å². The van der Waals surface area contributed by atoms with Crippen molar-refractivity contribution in [3.05, 3.63) is 35.1 Å². The van der Waals surface area contributed by atoms with Crippen molar-refractivity contribution in [1.82, 2.24) is 5.32 Å². The van der Waals surface area contributed by atoms with Crippen LogP contribution < -0.4 is 5.32 Å². The second kappa shape index (κ2) is 5.52. The highest BCUT2D eigenvalue weighted by Gasteiger charge is 2.43. The van der Waals surface area contributed by atoms with Gasteiger partial charge in [-0.1, -0.05) is 0 Å². The van der Waals surface area contributed by atoms with Crippen LogP contribution in [0.2, 0.25) is 0 Å². The zero-order valence-corrected chi connectivity index (χ0v) is 10.6. The van der Waals surface area contributed by atoms with Crippen molar-refractivity contribution >= 4 is 11.9 Å². The van der Waals surface area contributed by atoms with Gasteiger partial charge in [0.25, 0.3) is 0 Å². The first-order chi connectivity index (χ1) is 9.45. The zero-order valence-electron chi connectivity index (χ0n) is 10.6. The fourth-order valence-corrected chi connectivity index (χ4v) is 2.26. The number of amides is 1. The second-order valence-corrected chi connectivity index (χ2v) is 4.37. The molecule has 0 bridgehead atoms. The van der Waals surface area contributed by atoms with E-state index in [4.69, 9.17) is 4.74 Å². The molecule has 20 heavy (non-hydrogen) atoms. The van der Waals surface area contributed by atoms with Crippen LogP contribution in [-0.4, -0.2) is 25.0 Å². The van der Waals surface area contributed by atoms with Gasteiger partial charge in [0.1, 0.15) is 11.7 Å². The third kappa shape index (κ3) is 2.48. The van der Waals surface area contributed by atoms with E-state index in [0.717, 1.165) is 6.07 Å². The first-order valence-electron chi connectivity index (χ1n) is 6.04. The van der Waals surface area contributed by atoms with Crippen LogP contribution in [0.4, 0.5) is 13.2 Å². The number of hydrogen-bond acceptors (Lipinski definition) is 3. The van der Waals surface area contributed by atoms with Crippen LogP contribution in [0.1, 0.15) is 18.4 Å². The Labute approximate surface area is 112 Å². The Hall–Kier alpha value is -2.05. The minimum absolute atomic E-state index is 0.0509. The third-order valence-electron chi connectivity index (χ3n) is 3.14. The van der Waals surface area contributed by atoms with Crippen LogP contribution in [0, 0.1) is 23.4 Å². The van der Waals surface area contributed by atoms with Gasteiger partial charge >= 0.3 is 5.97 Å². The van der Waals surface area contributed by atoms with Gasteiger partial charge in [0.2, 0.25) is 5.91 Å². The SMILES string of the molecule is CCOC(=O)C1C(=O)NC[C@H]1c1cc(F)cc(F)c1F. The summed E-state index contributed by atoms with van der Waals surface area (Å²) in [5.74, 6) is -7.36. The number of esters is 1. The van der Waals surface area contributed by atoms with Gasteiger partial charge in [0.15, 0.2) is 11.6 Å². The van der Waals surface area contributed by atoms with Gasteiger partial charge in [0, 0.05) is 24.1 Å². The van der Waals surface area contributed by atoms with Gasteiger partial charge in [0.05, 0.1) is 6.61 Å². The Morgan fingerprint density at radius 2 is 2.10 bits per heavy atom. The Balaban J connectivity index is 2.41. The monoisotopic (exact) mass is 287 g/mol. The Bertz CT molecular complexity index is 562. The van der Waals surface area contributed by atoms with Gasteiger partial charge in [-0.15, -0.1) is 0 Å². The maximum atomic E-state index is 13.8. The lowest BCUT2D eigenvalue weighted by Crippen LogP contribution is -2.29. The second-order valence-electron chi connectivity index (χ2n) is 4.37. The van der Waals surface area contributed by atoms with Crippen LogP contribution in [0.3, 0.4) is 0 Å². The molecule has 1 N–H and O–H groups in total. The summed E-state index contributed by atoms with van der Waals surface area (Å²) >= 11 is 0. The van der Waals surface area contributed by atoms with E-state index < -0.39 is 41.2 Å². The molecule has 1 saturated heterocycles. The molecule has 1 aliphatic heterocycles. The predicted molar refractivity (Wildman–Crippen MR) is 62.2 cm³/mol. The summed E-state index contributed by atoms with van der Waals surface area (Å²) in [5.41, 5.74) is -0.348. The zero-order chi connectivity index (χ0) is 14.9. The molecule has 0 spiro atoms. The fourth-order valence-electron chi connectivity index (χ4n) is 2.26. The topological polar surface area (TPSA) is 55.4 Å². The first kappa shape index (κ1) is 14.4. The molecule has 1 fully saturated rings. The van der Waals surface area contributed by atoms with Gasteiger partial charge < -0.3 is 10.1 Å². The van der Waals surface area contributed by atoms with Crippen LogP contribution in [0.5, 0.6) is 0 Å². The lowest BCUT2D eigenvalue weighted by atomic mass is 9.88. The van der Waals surface area contributed by atoms with E-state index in [0.29, 0.717) is 6.07 Å². The molecule has 1 unspecified atom stereocenters. The molecule has 1 aromatic rings. The molecule has 4 nitrogen and oxygen atoms in total.